The topological polar surface area (TPSA) is 76.2 Å². The Hall–Kier alpha value is -3.61. The smallest absolute Gasteiger partial charge is 0.410 e. The first-order chi connectivity index (χ1) is 18.1. The number of likely N-dealkylation sites (N-methyl/N-ethyl adjacent to an activating group) is 2. The van der Waals surface area contributed by atoms with Crippen molar-refractivity contribution in [1.29, 1.82) is 0 Å². The van der Waals surface area contributed by atoms with Crippen molar-refractivity contribution in [3.63, 3.8) is 0 Å². The first kappa shape index (κ1) is 29.0. The Morgan fingerprint density at radius 2 is 1.45 bits per heavy atom. The van der Waals surface area contributed by atoms with Crippen LogP contribution in [-0.4, -0.2) is 67.2 Å². The number of rotatable bonds is 11. The summed E-state index contributed by atoms with van der Waals surface area (Å²) in [7, 11) is 3.17. The van der Waals surface area contributed by atoms with Crippen molar-refractivity contribution >= 4 is 18.0 Å². The van der Waals surface area contributed by atoms with Gasteiger partial charge in [0.2, 0.25) is 5.91 Å². The minimum Gasteiger partial charge on any atom is -0.460 e. The number of carbonyl (C=O) groups is 3. The van der Waals surface area contributed by atoms with Crippen molar-refractivity contribution in [3.05, 3.63) is 72.3 Å². The van der Waals surface area contributed by atoms with Crippen LogP contribution in [0.2, 0.25) is 0 Å². The fraction of sp³-hybridized carbons (Fsp3) is 0.452. The zero-order valence-electron chi connectivity index (χ0n) is 23.3. The molecule has 0 unspecified atom stereocenters. The molecule has 0 N–H and O–H groups in total. The third-order valence-electron chi connectivity index (χ3n) is 7.05. The van der Waals surface area contributed by atoms with Crippen LogP contribution >= 0.6 is 0 Å². The number of hydrogen-bond donors (Lipinski definition) is 0. The molecule has 7 nitrogen and oxygen atoms in total. The predicted molar refractivity (Wildman–Crippen MR) is 149 cm³/mol. The van der Waals surface area contributed by atoms with E-state index < -0.39 is 24.1 Å². The maximum Gasteiger partial charge on any atom is 0.410 e. The fourth-order valence-corrected chi connectivity index (χ4v) is 5.17. The van der Waals surface area contributed by atoms with E-state index >= 15 is 0 Å². The number of benzene rings is 2. The number of hydrogen-bond acceptors (Lipinski definition) is 5. The van der Waals surface area contributed by atoms with Gasteiger partial charge in [-0.3, -0.25) is 9.69 Å². The number of esters is 1. The highest BCUT2D eigenvalue weighted by Gasteiger charge is 2.38. The Labute approximate surface area is 226 Å². The molecule has 0 aliphatic heterocycles. The zero-order valence-corrected chi connectivity index (χ0v) is 23.3. The average molecular weight is 521 g/mol. The Bertz CT molecular complexity index is 1110. The number of fused-ring (bicyclic) bond motifs is 3. The van der Waals surface area contributed by atoms with Crippen LogP contribution < -0.4 is 0 Å². The summed E-state index contributed by atoms with van der Waals surface area (Å²) in [6.07, 6.45) is 1.34. The first-order valence-corrected chi connectivity index (χ1v) is 13.2. The van der Waals surface area contributed by atoms with Gasteiger partial charge in [0, 0.05) is 20.0 Å². The molecule has 2 atom stereocenters. The van der Waals surface area contributed by atoms with Gasteiger partial charge in [0.25, 0.3) is 0 Å². The minimum atomic E-state index is -0.788. The largest absolute Gasteiger partial charge is 0.460 e. The molecule has 7 heteroatoms. The van der Waals surface area contributed by atoms with E-state index in [-0.39, 0.29) is 36.9 Å². The molecule has 38 heavy (non-hydrogen) atoms. The van der Waals surface area contributed by atoms with Crippen molar-refractivity contribution in [2.24, 2.45) is 11.8 Å². The van der Waals surface area contributed by atoms with Gasteiger partial charge < -0.3 is 14.4 Å². The lowest BCUT2D eigenvalue weighted by Crippen LogP contribution is -2.55. The van der Waals surface area contributed by atoms with Crippen molar-refractivity contribution in [2.45, 2.75) is 52.1 Å². The van der Waals surface area contributed by atoms with E-state index in [1.54, 1.807) is 14.1 Å². The van der Waals surface area contributed by atoms with Gasteiger partial charge in [-0.2, -0.15) is 0 Å². The third-order valence-corrected chi connectivity index (χ3v) is 7.05. The van der Waals surface area contributed by atoms with E-state index in [1.807, 2.05) is 52.0 Å². The SMILES string of the molecule is C=CCOC(=O)[C@H](C(C)C)N(C)C(=O)[C@H](CC(C)C)N(C)C(=O)OCC1c2ccccc2-c2ccccc21. The summed E-state index contributed by atoms with van der Waals surface area (Å²) >= 11 is 0. The van der Waals surface area contributed by atoms with Gasteiger partial charge in [0.15, 0.2) is 0 Å². The lowest BCUT2D eigenvalue weighted by Gasteiger charge is -2.35. The van der Waals surface area contributed by atoms with Crippen LogP contribution in [0.3, 0.4) is 0 Å². The quantitative estimate of drug-likeness (QED) is 0.289. The van der Waals surface area contributed by atoms with Gasteiger partial charge in [-0.25, -0.2) is 9.59 Å². The monoisotopic (exact) mass is 520 g/mol. The van der Waals surface area contributed by atoms with Gasteiger partial charge >= 0.3 is 12.1 Å². The van der Waals surface area contributed by atoms with Crippen molar-refractivity contribution < 1.29 is 23.9 Å². The second-order valence-electron chi connectivity index (χ2n) is 10.6. The molecule has 0 bridgehead atoms. The summed E-state index contributed by atoms with van der Waals surface area (Å²) < 4.78 is 11.1. The molecule has 1 aliphatic rings. The van der Waals surface area contributed by atoms with Crippen LogP contribution in [0.1, 0.15) is 51.2 Å². The van der Waals surface area contributed by atoms with Crippen LogP contribution in [0.4, 0.5) is 4.79 Å². The molecule has 1 aliphatic carbocycles. The van der Waals surface area contributed by atoms with Gasteiger partial charge in [-0.15, -0.1) is 0 Å². The molecule has 0 saturated heterocycles. The Morgan fingerprint density at radius 1 is 0.895 bits per heavy atom. The highest BCUT2D eigenvalue weighted by Crippen LogP contribution is 2.44. The third kappa shape index (κ3) is 6.26. The molecule has 204 valence electrons. The molecular weight excluding hydrogens is 480 g/mol. The molecule has 0 spiro atoms. The van der Waals surface area contributed by atoms with Crippen molar-refractivity contribution in [2.75, 3.05) is 27.3 Å². The molecule has 2 aromatic rings. The van der Waals surface area contributed by atoms with Gasteiger partial charge in [0.05, 0.1) is 0 Å². The van der Waals surface area contributed by atoms with Crippen LogP contribution in [0, 0.1) is 11.8 Å². The van der Waals surface area contributed by atoms with Crippen molar-refractivity contribution in [1.82, 2.24) is 9.80 Å². The summed E-state index contributed by atoms with van der Waals surface area (Å²) in [5.74, 6) is -0.953. The van der Waals surface area contributed by atoms with Gasteiger partial charge in [-0.05, 0) is 40.5 Å². The normalized spacial score (nSPS) is 13.9. The Kier molecular flexibility index (Phi) is 9.72. The second-order valence-corrected chi connectivity index (χ2v) is 10.6. The van der Waals surface area contributed by atoms with Crippen molar-refractivity contribution in [3.8, 4) is 11.1 Å². The van der Waals surface area contributed by atoms with Crippen LogP contribution in [0.25, 0.3) is 11.1 Å². The molecule has 0 aromatic heterocycles. The highest BCUT2D eigenvalue weighted by molar-refractivity contribution is 5.89. The molecular formula is C31H40N2O5. The fourth-order valence-electron chi connectivity index (χ4n) is 5.17. The van der Waals surface area contributed by atoms with E-state index in [0.29, 0.717) is 6.42 Å². The number of carbonyl (C=O) groups excluding carboxylic acids is 3. The zero-order chi connectivity index (χ0) is 28.0. The second kappa shape index (κ2) is 12.8. The van der Waals surface area contributed by atoms with Gasteiger partial charge in [0.1, 0.15) is 25.3 Å². The highest BCUT2D eigenvalue weighted by atomic mass is 16.6. The standard InChI is InChI=1S/C31H40N2O5/c1-8-17-37-30(35)28(21(4)5)33(7)29(34)27(18-20(2)3)32(6)31(36)38-19-26-24-15-11-9-13-22(24)23-14-10-12-16-25(23)26/h8-16,20-21,26-28H,1,17-19H2,2-7H3/t27-,28-/m0/s1. The van der Waals surface area contributed by atoms with E-state index in [0.717, 1.165) is 22.3 Å². The summed E-state index contributed by atoms with van der Waals surface area (Å²) in [6.45, 7) is 11.5. The van der Waals surface area contributed by atoms with Gasteiger partial charge in [-0.1, -0.05) is 88.9 Å². The Balaban J connectivity index is 1.77. The molecule has 0 radical (unpaired) electrons. The molecule has 0 fully saturated rings. The number of amides is 2. The summed E-state index contributed by atoms with van der Waals surface area (Å²) in [4.78, 5) is 42.4. The molecule has 0 saturated carbocycles. The van der Waals surface area contributed by atoms with E-state index in [1.165, 1.54) is 15.9 Å². The molecule has 2 amide bonds. The number of ether oxygens (including phenoxy) is 2. The summed E-state index contributed by atoms with van der Waals surface area (Å²) in [5, 5.41) is 0. The lowest BCUT2D eigenvalue weighted by atomic mass is 9.98. The Morgan fingerprint density at radius 3 is 1.95 bits per heavy atom. The maximum absolute atomic E-state index is 13.7. The van der Waals surface area contributed by atoms with Crippen LogP contribution in [0.15, 0.2) is 61.2 Å². The molecule has 3 rings (SSSR count). The van der Waals surface area contributed by atoms with E-state index in [4.69, 9.17) is 9.47 Å². The lowest BCUT2D eigenvalue weighted by molar-refractivity contribution is -0.156. The first-order valence-electron chi connectivity index (χ1n) is 13.2. The minimum absolute atomic E-state index is 0.0686. The van der Waals surface area contributed by atoms with Crippen LogP contribution in [-0.2, 0) is 19.1 Å². The molecule has 2 aromatic carbocycles. The molecule has 0 heterocycles. The summed E-state index contributed by atoms with van der Waals surface area (Å²) in [5.41, 5.74) is 4.54. The van der Waals surface area contributed by atoms with Crippen LogP contribution in [0.5, 0.6) is 0 Å². The number of nitrogens with zero attached hydrogens (tertiary/aromatic N) is 2. The predicted octanol–water partition coefficient (Wildman–Crippen LogP) is 5.49. The van der Waals surface area contributed by atoms with E-state index in [9.17, 15) is 14.4 Å². The van der Waals surface area contributed by atoms with E-state index in [2.05, 4.69) is 30.8 Å². The summed E-state index contributed by atoms with van der Waals surface area (Å²) in [6, 6.07) is 14.7. The average Bonchev–Trinajstić information content (AvgIpc) is 3.21. The maximum atomic E-state index is 13.7.